The Kier molecular flexibility index (Phi) is 5.44. The predicted octanol–water partition coefficient (Wildman–Crippen LogP) is 3.43. The normalized spacial score (nSPS) is 15.0. The molecule has 0 spiro atoms. The number of benzene rings is 2. The van der Waals surface area contributed by atoms with Gasteiger partial charge in [-0.25, -0.2) is 8.42 Å². The summed E-state index contributed by atoms with van der Waals surface area (Å²) in [5, 5.41) is 2.80. The number of carbonyl (C=O) groups excluding carboxylic acids is 1. The van der Waals surface area contributed by atoms with Crippen molar-refractivity contribution in [3.8, 4) is 11.5 Å². The predicted molar refractivity (Wildman–Crippen MR) is 116 cm³/mol. The number of hydrogen-bond acceptors (Lipinski definition) is 6. The molecule has 1 heterocycles. The van der Waals surface area contributed by atoms with Gasteiger partial charge in [-0.05, 0) is 38.1 Å². The molecule has 0 aliphatic carbocycles. The summed E-state index contributed by atoms with van der Waals surface area (Å²) in [6.45, 7) is 3.28. The van der Waals surface area contributed by atoms with Crippen molar-refractivity contribution in [1.29, 1.82) is 0 Å². The molecule has 0 radical (unpaired) electrons. The largest absolute Gasteiger partial charge is 0.495 e. The first-order chi connectivity index (χ1) is 13.4. The lowest BCUT2D eigenvalue weighted by atomic mass is 10.1. The fourth-order valence-corrected chi connectivity index (χ4v) is 4.63. The molecular weight excluding hydrogens is 462 g/mol. The molecule has 2 aromatic rings. The second kappa shape index (κ2) is 7.42. The highest BCUT2D eigenvalue weighted by Gasteiger charge is 2.36. The molecule has 156 valence electrons. The van der Waals surface area contributed by atoms with Crippen molar-refractivity contribution in [2.24, 2.45) is 0 Å². The molecule has 3 rings (SSSR count). The summed E-state index contributed by atoms with van der Waals surface area (Å²) in [6, 6.07) is 7.96. The van der Waals surface area contributed by atoms with E-state index in [-0.39, 0.29) is 16.6 Å². The molecule has 2 aromatic carbocycles. The van der Waals surface area contributed by atoms with Crippen LogP contribution in [0, 0.1) is 0 Å². The molecule has 8 nitrogen and oxygen atoms in total. The van der Waals surface area contributed by atoms with Crippen molar-refractivity contribution in [3.05, 3.63) is 34.8 Å². The first-order valence-corrected chi connectivity index (χ1v) is 10.9. The Morgan fingerprint density at radius 1 is 1.21 bits per heavy atom. The Morgan fingerprint density at radius 2 is 1.90 bits per heavy atom. The molecule has 2 N–H and O–H groups in total. The number of halogens is 1. The number of nitrogens with one attached hydrogen (secondary N) is 2. The number of fused-ring (bicyclic) bond motifs is 1. The molecule has 1 aliphatic rings. The zero-order valence-corrected chi connectivity index (χ0v) is 19.1. The summed E-state index contributed by atoms with van der Waals surface area (Å²) in [7, 11) is 0.977. The van der Waals surface area contributed by atoms with Crippen LogP contribution in [0.1, 0.15) is 13.8 Å². The number of amides is 1. The summed E-state index contributed by atoms with van der Waals surface area (Å²) in [5.41, 5.74) is 0.268. The van der Waals surface area contributed by atoms with Crippen LogP contribution in [0.4, 0.5) is 17.1 Å². The minimum absolute atomic E-state index is 0.00801. The summed E-state index contributed by atoms with van der Waals surface area (Å²) < 4.78 is 40.4. The molecular formula is C19H22BrN3O5S. The van der Waals surface area contributed by atoms with Crippen LogP contribution in [0.2, 0.25) is 0 Å². The second-order valence-corrected chi connectivity index (χ2v) is 9.79. The number of carbonyl (C=O) groups is 1. The van der Waals surface area contributed by atoms with Crippen molar-refractivity contribution in [2.45, 2.75) is 24.3 Å². The van der Waals surface area contributed by atoms with Crippen LogP contribution in [-0.4, -0.2) is 41.1 Å². The Labute approximate surface area is 178 Å². The third-order valence-electron chi connectivity index (χ3n) is 4.40. The van der Waals surface area contributed by atoms with Gasteiger partial charge in [-0.1, -0.05) is 15.9 Å². The molecule has 0 aromatic heterocycles. The van der Waals surface area contributed by atoms with Crippen LogP contribution < -0.4 is 24.4 Å². The van der Waals surface area contributed by atoms with Crippen molar-refractivity contribution in [1.82, 2.24) is 0 Å². The Balaban J connectivity index is 2.09. The molecule has 0 bridgehead atoms. The van der Waals surface area contributed by atoms with Gasteiger partial charge in [-0.3, -0.25) is 9.52 Å². The van der Waals surface area contributed by atoms with Gasteiger partial charge in [0.15, 0.2) is 5.60 Å². The van der Waals surface area contributed by atoms with Gasteiger partial charge in [0, 0.05) is 24.6 Å². The van der Waals surface area contributed by atoms with E-state index in [0.717, 1.165) is 0 Å². The van der Waals surface area contributed by atoms with Gasteiger partial charge in [0.05, 0.1) is 24.2 Å². The number of hydrogen-bond donors (Lipinski definition) is 2. The summed E-state index contributed by atoms with van der Waals surface area (Å²) in [6.07, 6.45) is 0. The average molecular weight is 484 g/mol. The Morgan fingerprint density at radius 3 is 2.52 bits per heavy atom. The van der Waals surface area contributed by atoms with E-state index >= 15 is 0 Å². The van der Waals surface area contributed by atoms with E-state index in [1.165, 1.54) is 13.2 Å². The third kappa shape index (κ3) is 4.13. The van der Waals surface area contributed by atoms with Crippen LogP contribution in [0.5, 0.6) is 11.5 Å². The maximum atomic E-state index is 13.1. The molecule has 1 amide bonds. The zero-order chi connectivity index (χ0) is 21.6. The van der Waals surface area contributed by atoms with E-state index in [9.17, 15) is 13.2 Å². The van der Waals surface area contributed by atoms with Crippen LogP contribution in [0.25, 0.3) is 0 Å². The van der Waals surface area contributed by atoms with Gasteiger partial charge in [-0.2, -0.15) is 0 Å². The van der Waals surface area contributed by atoms with Gasteiger partial charge >= 0.3 is 0 Å². The fraction of sp³-hybridized carbons (Fsp3) is 0.316. The molecule has 0 atom stereocenters. The Hall–Kier alpha value is -2.46. The highest BCUT2D eigenvalue weighted by atomic mass is 79.9. The van der Waals surface area contributed by atoms with Crippen molar-refractivity contribution in [2.75, 3.05) is 36.1 Å². The van der Waals surface area contributed by atoms with E-state index in [2.05, 4.69) is 26.0 Å². The third-order valence-corrected chi connectivity index (χ3v) is 6.28. The first kappa shape index (κ1) is 21.3. The quantitative estimate of drug-likeness (QED) is 0.675. The van der Waals surface area contributed by atoms with E-state index in [4.69, 9.17) is 9.47 Å². The molecule has 0 unspecified atom stereocenters. The first-order valence-electron chi connectivity index (χ1n) is 8.67. The van der Waals surface area contributed by atoms with E-state index < -0.39 is 15.6 Å². The van der Waals surface area contributed by atoms with E-state index in [0.29, 0.717) is 27.3 Å². The van der Waals surface area contributed by atoms with Crippen LogP contribution >= 0.6 is 15.9 Å². The van der Waals surface area contributed by atoms with Crippen molar-refractivity contribution in [3.63, 3.8) is 0 Å². The molecule has 0 saturated carbocycles. The second-order valence-electron chi connectivity index (χ2n) is 7.23. The smallest absolute Gasteiger partial charge is 0.268 e. The molecule has 0 fully saturated rings. The van der Waals surface area contributed by atoms with Gasteiger partial charge in [0.1, 0.15) is 16.4 Å². The number of nitrogens with zero attached hydrogens (tertiary/aromatic N) is 1. The maximum Gasteiger partial charge on any atom is 0.268 e. The van der Waals surface area contributed by atoms with Gasteiger partial charge < -0.3 is 19.7 Å². The lowest BCUT2D eigenvalue weighted by Crippen LogP contribution is -2.45. The van der Waals surface area contributed by atoms with E-state index in [1.807, 2.05) is 0 Å². The lowest BCUT2D eigenvalue weighted by molar-refractivity contribution is -0.129. The number of ether oxygens (including phenoxy) is 2. The maximum absolute atomic E-state index is 13.1. The highest BCUT2D eigenvalue weighted by Crippen LogP contribution is 2.42. The Bertz CT molecular complexity index is 1080. The number of methoxy groups -OCH3 is 1. The van der Waals surface area contributed by atoms with Crippen LogP contribution in [-0.2, 0) is 14.8 Å². The molecule has 0 saturated heterocycles. The standard InChI is InChI=1S/C19H22BrN3O5S/c1-19(2)18(24)21-13-9-14(23(3)4)12(10-16(13)28-19)22-29(25,26)17-8-11(20)6-7-15(17)27-5/h6-10,22H,1-5H3,(H,21,24). The molecule has 10 heteroatoms. The topological polar surface area (TPSA) is 97.0 Å². The summed E-state index contributed by atoms with van der Waals surface area (Å²) in [5.74, 6) is 0.315. The van der Waals surface area contributed by atoms with Gasteiger partial charge in [0.25, 0.3) is 15.9 Å². The number of sulfonamides is 1. The molecule has 1 aliphatic heterocycles. The van der Waals surface area contributed by atoms with Gasteiger partial charge in [0.2, 0.25) is 0 Å². The van der Waals surface area contributed by atoms with Crippen molar-refractivity contribution < 1.29 is 22.7 Å². The van der Waals surface area contributed by atoms with Crippen molar-refractivity contribution >= 4 is 48.9 Å². The minimum Gasteiger partial charge on any atom is -0.495 e. The fourth-order valence-electron chi connectivity index (χ4n) is 2.86. The van der Waals surface area contributed by atoms with Gasteiger partial charge in [-0.15, -0.1) is 0 Å². The lowest BCUT2D eigenvalue weighted by Gasteiger charge is -2.33. The monoisotopic (exact) mass is 483 g/mol. The van der Waals surface area contributed by atoms with Crippen LogP contribution in [0.15, 0.2) is 39.7 Å². The zero-order valence-electron chi connectivity index (χ0n) is 16.7. The summed E-state index contributed by atoms with van der Waals surface area (Å²) in [4.78, 5) is 13.9. The molecule has 29 heavy (non-hydrogen) atoms. The minimum atomic E-state index is -3.98. The SMILES string of the molecule is COc1ccc(Br)cc1S(=O)(=O)Nc1cc2c(cc1N(C)C)NC(=O)C(C)(C)O2. The van der Waals surface area contributed by atoms with E-state index in [1.54, 1.807) is 57.1 Å². The number of rotatable bonds is 5. The number of anilines is 3. The summed E-state index contributed by atoms with van der Waals surface area (Å²) >= 11 is 3.29. The highest BCUT2D eigenvalue weighted by molar-refractivity contribution is 9.10. The van der Waals surface area contributed by atoms with Crippen LogP contribution in [0.3, 0.4) is 0 Å². The average Bonchev–Trinajstić information content (AvgIpc) is 2.61.